The summed E-state index contributed by atoms with van der Waals surface area (Å²) < 4.78 is 0. The summed E-state index contributed by atoms with van der Waals surface area (Å²) in [5, 5.41) is 6.23. The Morgan fingerprint density at radius 1 is 0.288 bits per heavy atom. The molecule has 0 saturated heterocycles. The smallest absolute Gasteiger partial charge is 0.0636 e. The van der Waals surface area contributed by atoms with Crippen molar-refractivity contribution in [2.75, 3.05) is 0 Å². The molecule has 0 bridgehead atoms. The SMILES string of the molecule is CC1=C(C)C(C)C([Si](c2cc(C)c(Cc3ccccc3)cc2Cc2ccccc2)(c2cc(C)c(Cc3ccccc3)cc2Cc2ccccc2)c2cc(C)c(Cc3ccccc3)cc2Cc2ccccc2)=C1C. The number of rotatable bonds is 16. The summed E-state index contributed by atoms with van der Waals surface area (Å²) in [6.07, 6.45) is 5.20. The van der Waals surface area contributed by atoms with Gasteiger partial charge < -0.3 is 0 Å². The molecule has 73 heavy (non-hydrogen) atoms. The minimum atomic E-state index is -3.40. The van der Waals surface area contributed by atoms with Crippen LogP contribution in [-0.2, 0) is 38.5 Å². The van der Waals surface area contributed by atoms with Gasteiger partial charge in [0.2, 0.25) is 0 Å². The molecule has 0 aliphatic heterocycles. The van der Waals surface area contributed by atoms with Crippen LogP contribution in [0.1, 0.15) is 111 Å². The van der Waals surface area contributed by atoms with Crippen molar-refractivity contribution in [3.05, 3.63) is 324 Å². The average Bonchev–Trinajstić information content (AvgIpc) is 3.60. The molecule has 0 radical (unpaired) electrons. The maximum atomic E-state index is 2.72. The summed E-state index contributed by atoms with van der Waals surface area (Å²) in [6.45, 7) is 17.1. The number of aryl methyl sites for hydroxylation is 3. The molecule has 0 aromatic heterocycles. The molecular formula is C72H70Si. The van der Waals surface area contributed by atoms with Crippen LogP contribution in [0.4, 0.5) is 0 Å². The lowest BCUT2D eigenvalue weighted by Crippen LogP contribution is -2.72. The molecule has 1 heteroatoms. The molecule has 9 aromatic rings. The highest BCUT2D eigenvalue weighted by Gasteiger charge is 2.51. The van der Waals surface area contributed by atoms with Crippen molar-refractivity contribution in [2.24, 2.45) is 5.92 Å². The quantitative estimate of drug-likeness (QED) is 0.0669. The zero-order valence-corrected chi connectivity index (χ0v) is 45.1. The van der Waals surface area contributed by atoms with E-state index in [4.69, 9.17) is 0 Å². The monoisotopic (exact) mass is 963 g/mol. The molecule has 0 heterocycles. The summed E-state index contributed by atoms with van der Waals surface area (Å²) >= 11 is 0. The van der Waals surface area contributed by atoms with Crippen LogP contribution in [0.2, 0.25) is 0 Å². The third kappa shape index (κ3) is 10.4. The third-order valence-corrected chi connectivity index (χ3v) is 21.8. The summed E-state index contributed by atoms with van der Waals surface area (Å²) in [6, 6.07) is 83.3. The van der Waals surface area contributed by atoms with Gasteiger partial charge in [0.05, 0.1) is 0 Å². The van der Waals surface area contributed by atoms with Crippen LogP contribution in [0.3, 0.4) is 0 Å². The highest BCUT2D eigenvalue weighted by atomic mass is 28.3. The largest absolute Gasteiger partial charge is 0.177 e. The number of hydrogen-bond donors (Lipinski definition) is 0. The van der Waals surface area contributed by atoms with Gasteiger partial charge in [0.1, 0.15) is 0 Å². The van der Waals surface area contributed by atoms with Crippen LogP contribution in [0.15, 0.2) is 240 Å². The Morgan fingerprint density at radius 3 is 0.740 bits per heavy atom. The van der Waals surface area contributed by atoms with Crippen molar-refractivity contribution in [2.45, 2.75) is 87.0 Å². The van der Waals surface area contributed by atoms with E-state index in [1.165, 1.54) is 116 Å². The van der Waals surface area contributed by atoms with Gasteiger partial charge in [-0.1, -0.05) is 242 Å². The molecule has 1 aliphatic rings. The van der Waals surface area contributed by atoms with Crippen molar-refractivity contribution in [1.29, 1.82) is 0 Å². The van der Waals surface area contributed by atoms with Crippen LogP contribution >= 0.6 is 0 Å². The van der Waals surface area contributed by atoms with Crippen LogP contribution < -0.4 is 15.6 Å². The molecule has 0 spiro atoms. The Labute approximate surface area is 437 Å². The van der Waals surface area contributed by atoms with Gasteiger partial charge in [-0.05, 0) is 191 Å². The third-order valence-electron chi connectivity index (χ3n) is 16.4. The minimum Gasteiger partial charge on any atom is -0.0636 e. The molecule has 1 aliphatic carbocycles. The lowest BCUT2D eigenvalue weighted by atomic mass is 9.95. The number of benzene rings is 9. The maximum absolute atomic E-state index is 3.40. The zero-order chi connectivity index (χ0) is 50.5. The minimum absolute atomic E-state index is 0.239. The van der Waals surface area contributed by atoms with Gasteiger partial charge in [0.15, 0.2) is 8.07 Å². The molecule has 0 N–H and O–H groups in total. The standard InChI is InChI=1S/C72H70Si/c1-50-38-69(66(44-60-32-20-11-21-33-60)47-63(50)41-57-26-14-8-15-27-57)73(72-55(6)53(4)54(5)56(72)7,70-39-51(2)64(42-58-28-16-9-17-29-58)48-67(70)45-61-34-22-12-23-35-61)71-40-52(3)65(43-59-30-18-10-19-31-59)49-68(71)46-62-36-24-13-25-37-62/h8-40,47-49,55H,41-46H2,1-7H3. The lowest BCUT2D eigenvalue weighted by molar-refractivity contribution is 0.851. The van der Waals surface area contributed by atoms with E-state index in [1.54, 1.807) is 5.20 Å². The Morgan fingerprint density at radius 2 is 0.521 bits per heavy atom. The van der Waals surface area contributed by atoms with E-state index < -0.39 is 8.07 Å². The first kappa shape index (κ1) is 49.3. The zero-order valence-electron chi connectivity index (χ0n) is 44.1. The molecule has 362 valence electrons. The first-order valence-corrected chi connectivity index (χ1v) is 28.6. The number of allylic oxidation sites excluding steroid dienone is 4. The second kappa shape index (κ2) is 21.8. The fraction of sp³-hybridized carbons (Fsp3) is 0.194. The van der Waals surface area contributed by atoms with E-state index in [-0.39, 0.29) is 5.92 Å². The predicted molar refractivity (Wildman–Crippen MR) is 314 cm³/mol. The van der Waals surface area contributed by atoms with Crippen molar-refractivity contribution >= 4 is 23.6 Å². The molecule has 10 rings (SSSR count). The van der Waals surface area contributed by atoms with Crippen LogP contribution in [-0.4, -0.2) is 8.07 Å². The Bertz CT molecular complexity index is 3090. The van der Waals surface area contributed by atoms with Crippen molar-refractivity contribution in [3.8, 4) is 0 Å². The fourth-order valence-corrected chi connectivity index (χ4v) is 18.8. The van der Waals surface area contributed by atoms with E-state index in [9.17, 15) is 0 Å². The average molecular weight is 963 g/mol. The Hall–Kier alpha value is -7.32. The topological polar surface area (TPSA) is 0 Å². The van der Waals surface area contributed by atoms with Gasteiger partial charge >= 0.3 is 0 Å². The van der Waals surface area contributed by atoms with Crippen LogP contribution in [0.5, 0.6) is 0 Å². The summed E-state index contributed by atoms with van der Waals surface area (Å²) in [5.74, 6) is 0.239. The van der Waals surface area contributed by atoms with E-state index in [1.807, 2.05) is 0 Å². The van der Waals surface area contributed by atoms with Crippen LogP contribution in [0.25, 0.3) is 0 Å². The van der Waals surface area contributed by atoms with Gasteiger partial charge in [-0.25, -0.2) is 0 Å². The molecule has 1 unspecified atom stereocenters. The molecule has 0 nitrogen and oxygen atoms in total. The van der Waals surface area contributed by atoms with Gasteiger partial charge in [-0.15, -0.1) is 0 Å². The predicted octanol–water partition coefficient (Wildman–Crippen LogP) is 15.5. The highest BCUT2D eigenvalue weighted by molar-refractivity contribution is 7.17. The Kier molecular flexibility index (Phi) is 14.7. The molecule has 0 fully saturated rings. The molecule has 0 saturated carbocycles. The number of hydrogen-bond acceptors (Lipinski definition) is 0. The highest BCUT2D eigenvalue weighted by Crippen LogP contribution is 2.43. The van der Waals surface area contributed by atoms with Gasteiger partial charge in [-0.2, -0.15) is 0 Å². The molecule has 0 amide bonds. The summed E-state index contributed by atoms with van der Waals surface area (Å²) in [5.41, 5.74) is 25.1. The van der Waals surface area contributed by atoms with E-state index in [2.05, 4.69) is 267 Å². The summed E-state index contributed by atoms with van der Waals surface area (Å²) in [7, 11) is -3.40. The van der Waals surface area contributed by atoms with Gasteiger partial charge in [0, 0.05) is 0 Å². The normalized spacial score (nSPS) is 13.8. The fourth-order valence-electron chi connectivity index (χ4n) is 12.2. The van der Waals surface area contributed by atoms with Crippen LogP contribution in [0, 0.1) is 26.7 Å². The van der Waals surface area contributed by atoms with Crippen molar-refractivity contribution in [1.82, 2.24) is 0 Å². The first-order valence-electron chi connectivity index (χ1n) is 26.6. The van der Waals surface area contributed by atoms with E-state index >= 15 is 0 Å². The summed E-state index contributed by atoms with van der Waals surface area (Å²) in [4.78, 5) is 0. The van der Waals surface area contributed by atoms with E-state index in [0.717, 1.165) is 38.5 Å². The van der Waals surface area contributed by atoms with Crippen molar-refractivity contribution < 1.29 is 0 Å². The first-order chi connectivity index (χ1) is 35.6. The maximum Gasteiger partial charge on any atom is 0.177 e. The van der Waals surface area contributed by atoms with Gasteiger partial charge in [0.25, 0.3) is 0 Å². The van der Waals surface area contributed by atoms with Gasteiger partial charge in [-0.3, -0.25) is 0 Å². The lowest BCUT2D eigenvalue weighted by Gasteiger charge is -2.43. The molecule has 9 aromatic carbocycles. The second-order valence-corrected chi connectivity index (χ2v) is 24.8. The Balaban J connectivity index is 1.39. The van der Waals surface area contributed by atoms with E-state index in [0.29, 0.717) is 0 Å². The second-order valence-electron chi connectivity index (χ2n) is 21.1. The van der Waals surface area contributed by atoms with Crippen molar-refractivity contribution in [3.63, 3.8) is 0 Å². The molecule has 1 atom stereocenters. The molecular weight excluding hydrogens is 893 g/mol.